The fourth-order valence-electron chi connectivity index (χ4n) is 1.65. The molecular weight excluding hydrogens is 284 g/mol. The molecule has 0 aliphatic rings. The first kappa shape index (κ1) is 14.3. The molecule has 2 nitrogen and oxygen atoms in total. The van der Waals surface area contributed by atoms with Crippen molar-refractivity contribution in [2.75, 3.05) is 0 Å². The van der Waals surface area contributed by atoms with Crippen LogP contribution in [0, 0.1) is 23.0 Å². The van der Waals surface area contributed by atoms with Crippen LogP contribution in [0.3, 0.4) is 0 Å². The van der Waals surface area contributed by atoms with E-state index in [2.05, 4.69) is 0 Å². The molecule has 0 heterocycles. The van der Waals surface area contributed by atoms with Crippen LogP contribution in [-0.2, 0) is 12.5 Å². The second kappa shape index (κ2) is 6.36. The normalized spacial score (nSPS) is 10.1. The third kappa shape index (κ3) is 3.25. The number of rotatable bonds is 4. The van der Waals surface area contributed by atoms with Crippen LogP contribution in [0.2, 0.25) is 0 Å². The van der Waals surface area contributed by atoms with Crippen molar-refractivity contribution in [3.63, 3.8) is 0 Å². The highest BCUT2D eigenvalue weighted by Gasteiger charge is 2.07. The lowest BCUT2D eigenvalue weighted by molar-refractivity contribution is 0.290. The van der Waals surface area contributed by atoms with Crippen LogP contribution in [0.15, 0.2) is 36.4 Å². The Bertz CT molecular complexity index is 667. The van der Waals surface area contributed by atoms with Crippen molar-refractivity contribution in [2.24, 2.45) is 0 Å². The number of benzene rings is 2. The summed E-state index contributed by atoms with van der Waals surface area (Å²) in [5.74, 6) is -0.790. The average molecular weight is 294 g/mol. The molecule has 0 radical (unpaired) electrons. The van der Waals surface area contributed by atoms with Crippen molar-refractivity contribution in [1.29, 1.82) is 5.26 Å². The van der Waals surface area contributed by atoms with Gasteiger partial charge < -0.3 is 4.74 Å². The van der Waals surface area contributed by atoms with Gasteiger partial charge in [-0.1, -0.05) is 12.1 Å². The second-order valence-electron chi connectivity index (χ2n) is 4.11. The molecule has 0 fully saturated rings. The molecule has 102 valence electrons. The summed E-state index contributed by atoms with van der Waals surface area (Å²) in [6.07, 6.45) is 0. The Morgan fingerprint density at radius 2 is 1.80 bits per heavy atom. The SMILES string of the molecule is N#Cc1cc(COc2ccc(CCl)cc2F)ccc1F. The highest BCUT2D eigenvalue weighted by atomic mass is 35.5. The molecule has 0 aromatic heterocycles. The van der Waals surface area contributed by atoms with E-state index < -0.39 is 11.6 Å². The molecule has 5 heteroatoms. The van der Waals surface area contributed by atoms with E-state index in [0.29, 0.717) is 11.1 Å². The van der Waals surface area contributed by atoms with Gasteiger partial charge in [-0.3, -0.25) is 0 Å². The number of nitriles is 1. The van der Waals surface area contributed by atoms with Crippen molar-refractivity contribution in [3.05, 3.63) is 64.7 Å². The summed E-state index contributed by atoms with van der Waals surface area (Å²) in [6.45, 7) is 0.0477. The lowest BCUT2D eigenvalue weighted by Crippen LogP contribution is -1.99. The zero-order valence-electron chi connectivity index (χ0n) is 10.4. The first-order chi connectivity index (χ1) is 9.63. The topological polar surface area (TPSA) is 33.0 Å². The number of ether oxygens (including phenoxy) is 1. The third-order valence-electron chi connectivity index (χ3n) is 2.70. The lowest BCUT2D eigenvalue weighted by atomic mass is 10.1. The average Bonchev–Trinajstić information content (AvgIpc) is 2.47. The van der Waals surface area contributed by atoms with Gasteiger partial charge in [0.2, 0.25) is 0 Å². The summed E-state index contributed by atoms with van der Waals surface area (Å²) in [6, 6.07) is 10.2. The molecule has 0 atom stereocenters. The maximum atomic E-state index is 13.7. The Hall–Kier alpha value is -2.12. The summed E-state index contributed by atoms with van der Waals surface area (Å²) in [5, 5.41) is 8.73. The maximum Gasteiger partial charge on any atom is 0.165 e. The zero-order valence-corrected chi connectivity index (χ0v) is 11.1. The predicted molar refractivity (Wildman–Crippen MR) is 71.4 cm³/mol. The van der Waals surface area contributed by atoms with Crippen molar-refractivity contribution < 1.29 is 13.5 Å². The van der Waals surface area contributed by atoms with Crippen LogP contribution in [-0.4, -0.2) is 0 Å². The molecule has 0 saturated heterocycles. The fourth-order valence-corrected chi connectivity index (χ4v) is 1.82. The van der Waals surface area contributed by atoms with E-state index in [9.17, 15) is 8.78 Å². The number of nitrogens with zero attached hydrogens (tertiary/aromatic N) is 1. The predicted octanol–water partition coefficient (Wildman–Crippen LogP) is 4.15. The summed E-state index contributed by atoms with van der Waals surface area (Å²) >= 11 is 5.60. The Morgan fingerprint density at radius 1 is 1.05 bits per heavy atom. The molecule has 0 aliphatic heterocycles. The molecular formula is C15H10ClF2NO. The van der Waals surface area contributed by atoms with Crippen LogP contribution in [0.25, 0.3) is 0 Å². The molecule has 2 rings (SSSR count). The monoisotopic (exact) mass is 293 g/mol. The van der Waals surface area contributed by atoms with E-state index in [0.717, 1.165) is 0 Å². The Morgan fingerprint density at radius 3 is 2.45 bits per heavy atom. The van der Waals surface area contributed by atoms with E-state index >= 15 is 0 Å². The zero-order chi connectivity index (χ0) is 14.5. The van der Waals surface area contributed by atoms with Crippen LogP contribution < -0.4 is 4.74 Å². The summed E-state index contributed by atoms with van der Waals surface area (Å²) in [4.78, 5) is 0. The minimum Gasteiger partial charge on any atom is -0.486 e. The summed E-state index contributed by atoms with van der Waals surface area (Å²) in [5.41, 5.74) is 1.18. The Balaban J connectivity index is 2.11. The number of hydrogen-bond donors (Lipinski definition) is 0. The van der Waals surface area contributed by atoms with Crippen LogP contribution in [0.5, 0.6) is 5.75 Å². The van der Waals surface area contributed by atoms with Crippen molar-refractivity contribution in [2.45, 2.75) is 12.5 Å². The minimum absolute atomic E-state index is 0.0477. The largest absolute Gasteiger partial charge is 0.486 e. The van der Waals surface area contributed by atoms with Gasteiger partial charge in [0.1, 0.15) is 18.5 Å². The van der Waals surface area contributed by atoms with E-state index in [1.807, 2.05) is 0 Å². The van der Waals surface area contributed by atoms with Gasteiger partial charge in [0.05, 0.1) is 5.56 Å². The van der Waals surface area contributed by atoms with Gasteiger partial charge in [-0.15, -0.1) is 11.6 Å². The lowest BCUT2D eigenvalue weighted by Gasteiger charge is -2.08. The molecule has 0 unspecified atom stereocenters. The van der Waals surface area contributed by atoms with Crippen LogP contribution in [0.1, 0.15) is 16.7 Å². The molecule has 0 amide bonds. The van der Waals surface area contributed by atoms with Gasteiger partial charge in [0.25, 0.3) is 0 Å². The van der Waals surface area contributed by atoms with Gasteiger partial charge in [-0.2, -0.15) is 5.26 Å². The second-order valence-corrected chi connectivity index (χ2v) is 4.38. The van der Waals surface area contributed by atoms with Gasteiger partial charge in [0.15, 0.2) is 11.6 Å². The number of halogens is 3. The molecule has 0 bridgehead atoms. The summed E-state index contributed by atoms with van der Waals surface area (Å²) in [7, 11) is 0. The first-order valence-corrected chi connectivity index (χ1v) is 6.33. The van der Waals surface area contributed by atoms with Gasteiger partial charge in [0, 0.05) is 5.88 Å². The van der Waals surface area contributed by atoms with E-state index in [-0.39, 0.29) is 23.8 Å². The van der Waals surface area contributed by atoms with Crippen molar-refractivity contribution >= 4 is 11.6 Å². The minimum atomic E-state index is -0.589. The molecule has 0 spiro atoms. The van der Waals surface area contributed by atoms with Crippen LogP contribution in [0.4, 0.5) is 8.78 Å². The van der Waals surface area contributed by atoms with Crippen molar-refractivity contribution in [1.82, 2.24) is 0 Å². The molecule has 20 heavy (non-hydrogen) atoms. The highest BCUT2D eigenvalue weighted by molar-refractivity contribution is 6.17. The van der Waals surface area contributed by atoms with E-state index in [1.165, 1.54) is 30.3 Å². The first-order valence-electron chi connectivity index (χ1n) is 5.79. The standard InChI is InChI=1S/C15H10ClF2NO/c16-7-10-2-4-15(14(18)6-10)20-9-11-1-3-13(17)12(5-11)8-19/h1-6H,7,9H2. The highest BCUT2D eigenvalue weighted by Crippen LogP contribution is 2.21. The molecule has 0 saturated carbocycles. The van der Waals surface area contributed by atoms with Gasteiger partial charge >= 0.3 is 0 Å². The quantitative estimate of drug-likeness (QED) is 0.793. The molecule has 2 aromatic rings. The number of alkyl halides is 1. The number of hydrogen-bond acceptors (Lipinski definition) is 2. The van der Waals surface area contributed by atoms with Crippen LogP contribution >= 0.6 is 11.6 Å². The molecule has 0 N–H and O–H groups in total. The third-order valence-corrected chi connectivity index (χ3v) is 3.00. The molecule has 2 aromatic carbocycles. The Labute approximate surface area is 120 Å². The van der Waals surface area contributed by atoms with Crippen molar-refractivity contribution in [3.8, 4) is 11.8 Å². The van der Waals surface area contributed by atoms with Gasteiger partial charge in [-0.05, 0) is 35.4 Å². The maximum absolute atomic E-state index is 13.7. The Kier molecular flexibility index (Phi) is 4.54. The smallest absolute Gasteiger partial charge is 0.165 e. The summed E-state index contributed by atoms with van der Waals surface area (Å²) < 4.78 is 32.1. The van der Waals surface area contributed by atoms with Gasteiger partial charge in [-0.25, -0.2) is 8.78 Å². The van der Waals surface area contributed by atoms with E-state index in [4.69, 9.17) is 21.6 Å². The fraction of sp³-hybridized carbons (Fsp3) is 0.133. The molecule has 0 aliphatic carbocycles. The van der Waals surface area contributed by atoms with E-state index in [1.54, 1.807) is 12.1 Å².